The van der Waals surface area contributed by atoms with Gasteiger partial charge in [-0.3, -0.25) is 4.68 Å². The van der Waals surface area contributed by atoms with E-state index in [0.717, 1.165) is 47.2 Å². The van der Waals surface area contributed by atoms with E-state index in [1.54, 1.807) is 17.1 Å². The number of oxazole rings is 1. The van der Waals surface area contributed by atoms with Crippen LogP contribution in [-0.2, 0) is 13.5 Å². The van der Waals surface area contributed by atoms with Gasteiger partial charge in [-0.1, -0.05) is 38.1 Å². The van der Waals surface area contributed by atoms with Gasteiger partial charge < -0.3 is 4.42 Å². The van der Waals surface area contributed by atoms with Gasteiger partial charge in [0.05, 0.1) is 12.4 Å². The normalized spacial score (nSPS) is 11.4. The van der Waals surface area contributed by atoms with Crippen LogP contribution in [0.4, 0.5) is 0 Å². The molecule has 1 aromatic carbocycles. The topological polar surface area (TPSA) is 74.6 Å². The summed E-state index contributed by atoms with van der Waals surface area (Å²) < 4.78 is 9.03. The van der Waals surface area contributed by atoms with Gasteiger partial charge in [0, 0.05) is 30.7 Å². The van der Waals surface area contributed by atoms with E-state index in [4.69, 9.17) is 14.5 Å². The molecule has 0 saturated heterocycles. The van der Waals surface area contributed by atoms with Crippen LogP contribution in [0.5, 0.6) is 0 Å². The predicted molar refractivity (Wildman–Crippen MR) is 102 cm³/mol. The van der Waals surface area contributed by atoms with E-state index in [0.29, 0.717) is 5.92 Å². The summed E-state index contributed by atoms with van der Waals surface area (Å²) in [6.07, 6.45) is 6.81. The molecule has 4 rings (SSSR count). The van der Waals surface area contributed by atoms with Gasteiger partial charge in [0.1, 0.15) is 0 Å². The van der Waals surface area contributed by atoms with E-state index >= 15 is 0 Å². The summed E-state index contributed by atoms with van der Waals surface area (Å²) in [5.41, 5.74) is 1.96. The molecule has 138 valence electrons. The zero-order chi connectivity index (χ0) is 18.8. The Morgan fingerprint density at radius 3 is 2.48 bits per heavy atom. The van der Waals surface area contributed by atoms with Crippen molar-refractivity contribution >= 4 is 0 Å². The number of aryl methyl sites for hydroxylation is 2. The molecule has 0 fully saturated rings. The minimum Gasteiger partial charge on any atom is -0.444 e. The van der Waals surface area contributed by atoms with Crippen molar-refractivity contribution in [3.63, 3.8) is 0 Å². The van der Waals surface area contributed by atoms with Gasteiger partial charge in [0.15, 0.2) is 29.6 Å². The van der Waals surface area contributed by atoms with Crippen LogP contribution >= 0.6 is 0 Å². The standard InChI is InChI=1S/C20H22N6O/c1-14(2)4-9-18-23-20(26(24-18)19-10-11-22-25(19)3)16-7-5-15(6-8-16)17-12-21-13-27-17/h5-8,10-14H,4,9H2,1-3H3. The molecule has 3 heterocycles. The van der Waals surface area contributed by atoms with Crippen molar-refractivity contribution in [3.05, 3.63) is 54.9 Å². The Morgan fingerprint density at radius 2 is 1.85 bits per heavy atom. The van der Waals surface area contributed by atoms with Crippen molar-refractivity contribution in [3.8, 4) is 28.5 Å². The summed E-state index contributed by atoms with van der Waals surface area (Å²) in [5.74, 6) is 3.89. The molecule has 0 aliphatic heterocycles. The first-order valence-corrected chi connectivity index (χ1v) is 9.05. The Bertz CT molecular complexity index is 1010. The summed E-state index contributed by atoms with van der Waals surface area (Å²) >= 11 is 0. The van der Waals surface area contributed by atoms with Crippen LogP contribution in [0.15, 0.2) is 53.5 Å². The molecule has 7 heteroatoms. The molecule has 0 radical (unpaired) electrons. The van der Waals surface area contributed by atoms with E-state index < -0.39 is 0 Å². The smallest absolute Gasteiger partial charge is 0.181 e. The Kier molecular flexibility index (Phi) is 4.58. The molecule has 0 amide bonds. The zero-order valence-corrected chi connectivity index (χ0v) is 15.7. The van der Waals surface area contributed by atoms with E-state index in [-0.39, 0.29) is 0 Å². The zero-order valence-electron chi connectivity index (χ0n) is 15.7. The van der Waals surface area contributed by atoms with Crippen LogP contribution in [-0.4, -0.2) is 29.5 Å². The third kappa shape index (κ3) is 3.53. The minimum atomic E-state index is 0.610. The molecule has 0 saturated carbocycles. The van der Waals surface area contributed by atoms with Crippen LogP contribution < -0.4 is 0 Å². The average Bonchev–Trinajstić information content (AvgIpc) is 3.40. The van der Waals surface area contributed by atoms with E-state index in [2.05, 4.69) is 23.9 Å². The molecular weight excluding hydrogens is 340 g/mol. The van der Waals surface area contributed by atoms with E-state index in [1.165, 1.54) is 6.39 Å². The van der Waals surface area contributed by atoms with Gasteiger partial charge in [-0.25, -0.2) is 9.97 Å². The highest BCUT2D eigenvalue weighted by atomic mass is 16.3. The first-order valence-electron chi connectivity index (χ1n) is 9.05. The van der Waals surface area contributed by atoms with Gasteiger partial charge in [-0.2, -0.15) is 9.78 Å². The molecule has 0 unspecified atom stereocenters. The van der Waals surface area contributed by atoms with Gasteiger partial charge in [-0.05, 0) is 12.3 Å². The van der Waals surface area contributed by atoms with Gasteiger partial charge >= 0.3 is 0 Å². The summed E-state index contributed by atoms with van der Waals surface area (Å²) in [5, 5.41) is 9.02. The fraction of sp³-hybridized carbons (Fsp3) is 0.300. The van der Waals surface area contributed by atoms with Crippen LogP contribution in [0.1, 0.15) is 26.1 Å². The second kappa shape index (κ2) is 7.19. The summed E-state index contributed by atoms with van der Waals surface area (Å²) in [4.78, 5) is 8.79. The lowest BCUT2D eigenvalue weighted by Gasteiger charge is -2.06. The Morgan fingerprint density at radius 1 is 1.07 bits per heavy atom. The fourth-order valence-electron chi connectivity index (χ4n) is 2.94. The first kappa shape index (κ1) is 17.2. The summed E-state index contributed by atoms with van der Waals surface area (Å²) in [7, 11) is 1.90. The maximum absolute atomic E-state index is 5.37. The highest BCUT2D eigenvalue weighted by Crippen LogP contribution is 2.25. The molecular formula is C20H22N6O. The number of nitrogens with zero attached hydrogens (tertiary/aromatic N) is 6. The fourth-order valence-corrected chi connectivity index (χ4v) is 2.94. The second-order valence-corrected chi connectivity index (χ2v) is 6.95. The average molecular weight is 362 g/mol. The SMILES string of the molecule is CC(C)CCc1nc(-c2ccc(-c3cnco3)cc2)n(-c2ccnn2C)n1. The third-order valence-electron chi connectivity index (χ3n) is 4.47. The highest BCUT2D eigenvalue weighted by Gasteiger charge is 2.16. The Hall–Kier alpha value is -3.22. The molecule has 0 aliphatic carbocycles. The lowest BCUT2D eigenvalue weighted by atomic mass is 10.1. The summed E-state index contributed by atoms with van der Waals surface area (Å²) in [6, 6.07) is 10.0. The maximum Gasteiger partial charge on any atom is 0.181 e. The van der Waals surface area contributed by atoms with Crippen molar-refractivity contribution in [1.82, 2.24) is 29.5 Å². The van der Waals surface area contributed by atoms with Crippen molar-refractivity contribution < 1.29 is 4.42 Å². The van der Waals surface area contributed by atoms with Crippen LogP contribution in [0.3, 0.4) is 0 Å². The highest BCUT2D eigenvalue weighted by molar-refractivity contribution is 5.64. The predicted octanol–water partition coefficient (Wildman–Crippen LogP) is 3.91. The largest absolute Gasteiger partial charge is 0.444 e. The van der Waals surface area contributed by atoms with Gasteiger partial charge in [-0.15, -0.1) is 5.10 Å². The number of rotatable bonds is 6. The molecule has 4 aromatic rings. The maximum atomic E-state index is 5.37. The van der Waals surface area contributed by atoms with E-state index in [1.807, 2.05) is 42.1 Å². The number of benzene rings is 1. The van der Waals surface area contributed by atoms with E-state index in [9.17, 15) is 0 Å². The molecule has 27 heavy (non-hydrogen) atoms. The van der Waals surface area contributed by atoms with Crippen LogP contribution in [0, 0.1) is 5.92 Å². The van der Waals surface area contributed by atoms with Crippen LogP contribution in [0.25, 0.3) is 28.5 Å². The summed E-state index contributed by atoms with van der Waals surface area (Å²) in [6.45, 7) is 4.42. The second-order valence-electron chi connectivity index (χ2n) is 6.95. The minimum absolute atomic E-state index is 0.610. The number of aromatic nitrogens is 6. The van der Waals surface area contributed by atoms with Crippen LogP contribution in [0.2, 0.25) is 0 Å². The Balaban J connectivity index is 1.73. The third-order valence-corrected chi connectivity index (χ3v) is 4.47. The molecule has 3 aromatic heterocycles. The molecule has 0 spiro atoms. The molecule has 7 nitrogen and oxygen atoms in total. The lowest BCUT2D eigenvalue weighted by molar-refractivity contribution is 0.572. The van der Waals surface area contributed by atoms with Crippen molar-refractivity contribution in [2.45, 2.75) is 26.7 Å². The van der Waals surface area contributed by atoms with Crippen molar-refractivity contribution in [1.29, 1.82) is 0 Å². The number of hydrogen-bond acceptors (Lipinski definition) is 5. The molecule has 0 bridgehead atoms. The molecule has 0 aliphatic rings. The number of hydrogen-bond donors (Lipinski definition) is 0. The van der Waals surface area contributed by atoms with Crippen molar-refractivity contribution in [2.75, 3.05) is 0 Å². The Labute approximate surface area is 157 Å². The molecule has 0 atom stereocenters. The quantitative estimate of drug-likeness (QED) is 0.520. The first-order chi connectivity index (χ1) is 13.1. The van der Waals surface area contributed by atoms with Gasteiger partial charge in [0.25, 0.3) is 0 Å². The molecule has 0 N–H and O–H groups in total. The van der Waals surface area contributed by atoms with Gasteiger partial charge in [0.2, 0.25) is 0 Å². The monoisotopic (exact) mass is 362 g/mol. The van der Waals surface area contributed by atoms with Crippen molar-refractivity contribution in [2.24, 2.45) is 13.0 Å². The lowest BCUT2D eigenvalue weighted by Crippen LogP contribution is -2.06.